The molecule has 0 aromatic heterocycles. The second-order valence-electron chi connectivity index (χ2n) is 7.02. The lowest BCUT2D eigenvalue weighted by atomic mass is 10.2. The normalized spacial score (nSPS) is 16.0. The molecule has 31 heavy (non-hydrogen) atoms. The third-order valence-electron chi connectivity index (χ3n) is 4.67. The highest BCUT2D eigenvalue weighted by molar-refractivity contribution is 8.00. The molecule has 2 aromatic rings. The Hall–Kier alpha value is -2.72. The van der Waals surface area contributed by atoms with Crippen molar-refractivity contribution in [3.8, 4) is 11.5 Å². The summed E-state index contributed by atoms with van der Waals surface area (Å²) in [6, 6.07) is 9.57. The van der Waals surface area contributed by atoms with Crippen molar-refractivity contribution >= 4 is 44.8 Å². The maximum atomic E-state index is 12.8. The van der Waals surface area contributed by atoms with Crippen molar-refractivity contribution < 1.29 is 27.5 Å². The molecule has 1 unspecified atom stereocenters. The Morgan fingerprint density at radius 3 is 2.68 bits per heavy atom. The van der Waals surface area contributed by atoms with Gasteiger partial charge in [-0.1, -0.05) is 6.92 Å². The average molecular weight is 465 g/mol. The Morgan fingerprint density at radius 2 is 1.97 bits per heavy atom. The van der Waals surface area contributed by atoms with Gasteiger partial charge in [0, 0.05) is 29.1 Å². The Balaban J connectivity index is 1.69. The van der Waals surface area contributed by atoms with Gasteiger partial charge in [-0.15, -0.1) is 11.8 Å². The summed E-state index contributed by atoms with van der Waals surface area (Å²) < 4.78 is 35.9. The molecule has 0 spiro atoms. The number of anilines is 2. The number of methoxy groups -OCH3 is 2. The van der Waals surface area contributed by atoms with Crippen molar-refractivity contribution in [2.75, 3.05) is 30.6 Å². The molecular formula is C21H24N2O6S2. The molecule has 0 saturated heterocycles. The average Bonchev–Trinajstić information content (AvgIpc) is 2.88. The minimum Gasteiger partial charge on any atom is -0.497 e. The van der Waals surface area contributed by atoms with Gasteiger partial charge in [0.25, 0.3) is 0 Å². The third-order valence-corrected chi connectivity index (χ3v) is 7.56. The molecule has 0 fully saturated rings. The Bertz CT molecular complexity index is 1100. The molecular weight excluding hydrogens is 440 g/mol. The second kappa shape index (κ2) is 9.61. The molecule has 3 rings (SSSR count). The predicted octanol–water partition coefficient (Wildman–Crippen LogP) is 3.33. The first-order chi connectivity index (χ1) is 14.7. The van der Waals surface area contributed by atoms with Gasteiger partial charge >= 0.3 is 0 Å². The van der Waals surface area contributed by atoms with Crippen LogP contribution in [0, 0.1) is 0 Å². The van der Waals surface area contributed by atoms with Gasteiger partial charge in [0.05, 0.1) is 36.2 Å². The quantitative estimate of drug-likeness (QED) is 0.647. The molecule has 1 aliphatic heterocycles. The number of ether oxygens (including phenoxy) is 2. The zero-order chi connectivity index (χ0) is 22.6. The summed E-state index contributed by atoms with van der Waals surface area (Å²) in [5.41, 5.74) is 0.900. The molecule has 166 valence electrons. The summed E-state index contributed by atoms with van der Waals surface area (Å²) in [5.74, 6) is -0.00205. The van der Waals surface area contributed by atoms with Crippen molar-refractivity contribution in [2.45, 2.75) is 34.8 Å². The van der Waals surface area contributed by atoms with Crippen LogP contribution in [0.15, 0.2) is 46.2 Å². The standard InChI is InChI=1S/C21H24N2O6S2/c1-13-10-21(25)23-17-12-15(5-7-19(17)30-13)31(26,27)9-8-20(24)22-16-6-4-14(28-2)11-18(16)29-3/h4-7,11-13H,8-10H2,1-3H3,(H,22,24)(H,23,25). The van der Waals surface area contributed by atoms with Crippen LogP contribution in [-0.2, 0) is 19.4 Å². The van der Waals surface area contributed by atoms with E-state index in [9.17, 15) is 18.0 Å². The maximum Gasteiger partial charge on any atom is 0.225 e. The fourth-order valence-electron chi connectivity index (χ4n) is 3.08. The number of carbonyl (C=O) groups is 2. The van der Waals surface area contributed by atoms with E-state index in [4.69, 9.17) is 9.47 Å². The van der Waals surface area contributed by atoms with Crippen LogP contribution in [0.2, 0.25) is 0 Å². The van der Waals surface area contributed by atoms with Gasteiger partial charge in [-0.05, 0) is 30.3 Å². The fraction of sp³-hybridized carbons (Fsp3) is 0.333. The first-order valence-corrected chi connectivity index (χ1v) is 12.1. The number of amides is 2. The van der Waals surface area contributed by atoms with E-state index in [2.05, 4.69) is 10.6 Å². The first kappa shape index (κ1) is 23.0. The largest absolute Gasteiger partial charge is 0.497 e. The van der Waals surface area contributed by atoms with Gasteiger partial charge in [-0.25, -0.2) is 8.42 Å². The number of fused-ring (bicyclic) bond motifs is 1. The molecule has 8 nitrogen and oxygen atoms in total. The second-order valence-corrected chi connectivity index (χ2v) is 10.6. The molecule has 2 aromatic carbocycles. The fourth-order valence-corrected chi connectivity index (χ4v) is 5.40. The SMILES string of the molecule is COc1ccc(NC(=O)CCS(=O)(=O)c2ccc3c(c2)NC(=O)CC(C)S3)c(OC)c1. The van der Waals surface area contributed by atoms with Crippen LogP contribution in [0.4, 0.5) is 11.4 Å². The van der Waals surface area contributed by atoms with Crippen LogP contribution in [0.3, 0.4) is 0 Å². The summed E-state index contributed by atoms with van der Waals surface area (Å²) in [6.45, 7) is 1.94. The number of carbonyl (C=O) groups excluding carboxylic acids is 2. The van der Waals surface area contributed by atoms with Crippen molar-refractivity contribution in [2.24, 2.45) is 0 Å². The molecule has 2 N–H and O–H groups in total. The van der Waals surface area contributed by atoms with Gasteiger partial charge in [0.15, 0.2) is 9.84 Å². The summed E-state index contributed by atoms with van der Waals surface area (Å²) in [7, 11) is -0.741. The van der Waals surface area contributed by atoms with E-state index >= 15 is 0 Å². The van der Waals surface area contributed by atoms with Crippen LogP contribution in [-0.4, -0.2) is 45.5 Å². The molecule has 0 saturated carbocycles. The number of benzene rings is 2. The molecule has 2 amide bonds. The molecule has 1 atom stereocenters. The molecule has 1 heterocycles. The predicted molar refractivity (Wildman–Crippen MR) is 120 cm³/mol. The summed E-state index contributed by atoms with van der Waals surface area (Å²) in [5, 5.41) is 5.52. The Labute approximate surface area is 185 Å². The highest BCUT2D eigenvalue weighted by Crippen LogP contribution is 2.36. The minimum absolute atomic E-state index is 0.0662. The molecule has 0 aliphatic carbocycles. The van der Waals surface area contributed by atoms with E-state index in [0.717, 1.165) is 4.90 Å². The van der Waals surface area contributed by atoms with Crippen LogP contribution in [0.25, 0.3) is 0 Å². The van der Waals surface area contributed by atoms with E-state index in [1.165, 1.54) is 38.1 Å². The van der Waals surface area contributed by atoms with Crippen LogP contribution in [0.1, 0.15) is 19.8 Å². The summed E-state index contributed by atoms with van der Waals surface area (Å²) >= 11 is 1.52. The molecule has 10 heteroatoms. The highest BCUT2D eigenvalue weighted by atomic mass is 32.2. The van der Waals surface area contributed by atoms with Crippen molar-refractivity contribution in [1.82, 2.24) is 0 Å². The molecule has 0 bridgehead atoms. The lowest BCUT2D eigenvalue weighted by Gasteiger charge is -2.12. The van der Waals surface area contributed by atoms with Crippen LogP contribution < -0.4 is 20.1 Å². The number of hydrogen-bond donors (Lipinski definition) is 2. The zero-order valence-electron chi connectivity index (χ0n) is 17.4. The van der Waals surface area contributed by atoms with Gasteiger partial charge in [-0.3, -0.25) is 9.59 Å². The Morgan fingerprint density at radius 1 is 1.19 bits per heavy atom. The van der Waals surface area contributed by atoms with Gasteiger partial charge in [0.2, 0.25) is 11.8 Å². The van der Waals surface area contributed by atoms with E-state index in [1.807, 2.05) is 6.92 Å². The van der Waals surface area contributed by atoms with E-state index in [0.29, 0.717) is 29.3 Å². The monoisotopic (exact) mass is 464 g/mol. The lowest BCUT2D eigenvalue weighted by molar-refractivity contribution is -0.116. The number of hydrogen-bond acceptors (Lipinski definition) is 7. The zero-order valence-corrected chi connectivity index (χ0v) is 19.1. The van der Waals surface area contributed by atoms with Crippen molar-refractivity contribution in [1.29, 1.82) is 0 Å². The van der Waals surface area contributed by atoms with Gasteiger partial charge < -0.3 is 20.1 Å². The summed E-state index contributed by atoms with van der Waals surface area (Å²) in [4.78, 5) is 25.2. The van der Waals surface area contributed by atoms with E-state index in [1.54, 1.807) is 24.3 Å². The van der Waals surface area contributed by atoms with E-state index in [-0.39, 0.29) is 28.2 Å². The number of thioether (sulfide) groups is 1. The number of rotatable bonds is 7. The van der Waals surface area contributed by atoms with Crippen molar-refractivity contribution in [3.05, 3.63) is 36.4 Å². The minimum atomic E-state index is -3.72. The first-order valence-electron chi connectivity index (χ1n) is 9.57. The highest BCUT2D eigenvalue weighted by Gasteiger charge is 2.23. The van der Waals surface area contributed by atoms with Crippen LogP contribution in [0.5, 0.6) is 11.5 Å². The Kier molecular flexibility index (Phi) is 7.11. The smallest absolute Gasteiger partial charge is 0.225 e. The summed E-state index contributed by atoms with van der Waals surface area (Å²) in [6.07, 6.45) is 0.128. The molecule has 0 radical (unpaired) electrons. The van der Waals surface area contributed by atoms with E-state index < -0.39 is 15.7 Å². The third kappa shape index (κ3) is 5.71. The van der Waals surface area contributed by atoms with Gasteiger partial charge in [0.1, 0.15) is 11.5 Å². The number of nitrogens with one attached hydrogen (secondary N) is 2. The van der Waals surface area contributed by atoms with Crippen LogP contribution >= 0.6 is 11.8 Å². The lowest BCUT2D eigenvalue weighted by Crippen LogP contribution is -2.18. The molecule has 1 aliphatic rings. The van der Waals surface area contributed by atoms with Crippen molar-refractivity contribution in [3.63, 3.8) is 0 Å². The number of sulfone groups is 1. The topological polar surface area (TPSA) is 111 Å². The maximum absolute atomic E-state index is 12.8. The van der Waals surface area contributed by atoms with Gasteiger partial charge in [-0.2, -0.15) is 0 Å².